The Kier molecular flexibility index (Phi) is 9.83. The van der Waals surface area contributed by atoms with Crippen LogP contribution in [0, 0.1) is 0 Å². The highest BCUT2D eigenvalue weighted by molar-refractivity contribution is 6.01. The lowest BCUT2D eigenvalue weighted by Gasteiger charge is -2.15. The molecule has 0 heterocycles. The van der Waals surface area contributed by atoms with Crippen LogP contribution < -0.4 is 20.1 Å². The van der Waals surface area contributed by atoms with E-state index in [1.54, 1.807) is 0 Å². The zero-order valence-electron chi connectivity index (χ0n) is 14.7. The molecule has 0 radical (unpaired) electrons. The first-order chi connectivity index (χ1) is 12.5. The number of aliphatic hydroxyl groups is 1. The molecule has 2 amide bonds. The highest BCUT2D eigenvalue weighted by atomic mass is 16.5. The molecule has 4 N–H and O–H groups in total. The van der Waals surface area contributed by atoms with Crippen molar-refractivity contribution in [2.45, 2.75) is 0 Å². The van der Waals surface area contributed by atoms with Crippen molar-refractivity contribution >= 4 is 17.7 Å². The predicted octanol–water partition coefficient (Wildman–Crippen LogP) is 0.549. The predicted molar refractivity (Wildman–Crippen MR) is 92.3 cm³/mol. The van der Waals surface area contributed by atoms with Gasteiger partial charge < -0.3 is 34.5 Å². The molecule has 0 spiro atoms. The minimum atomic E-state index is -1.24. The zero-order valence-corrected chi connectivity index (χ0v) is 14.7. The van der Waals surface area contributed by atoms with E-state index in [9.17, 15) is 9.59 Å². The van der Waals surface area contributed by atoms with Gasteiger partial charge in [0.05, 0.1) is 52.9 Å². The highest BCUT2D eigenvalue weighted by Crippen LogP contribution is 2.32. The third-order valence-electron chi connectivity index (χ3n) is 3.12. The van der Waals surface area contributed by atoms with Crippen LogP contribution in [0.25, 0.3) is 0 Å². The summed E-state index contributed by atoms with van der Waals surface area (Å²) in [6.45, 7) is 1.44. The lowest BCUT2D eigenvalue weighted by atomic mass is 10.1. The number of benzene rings is 1. The van der Waals surface area contributed by atoms with Gasteiger partial charge in [-0.3, -0.25) is 10.1 Å². The molecule has 1 rings (SSSR count). The molecule has 26 heavy (non-hydrogen) atoms. The van der Waals surface area contributed by atoms with Crippen molar-refractivity contribution in [3.63, 3.8) is 0 Å². The summed E-state index contributed by atoms with van der Waals surface area (Å²) in [4.78, 5) is 23.2. The van der Waals surface area contributed by atoms with Gasteiger partial charge >= 0.3 is 6.09 Å². The summed E-state index contributed by atoms with van der Waals surface area (Å²) in [6.07, 6.45) is -1.24. The van der Waals surface area contributed by atoms with E-state index in [1.807, 2.05) is 0 Å². The molecule has 0 unspecified atom stereocenters. The van der Waals surface area contributed by atoms with E-state index in [4.69, 9.17) is 29.2 Å². The molecule has 0 aliphatic carbocycles. The van der Waals surface area contributed by atoms with Gasteiger partial charge in [0.2, 0.25) is 0 Å². The summed E-state index contributed by atoms with van der Waals surface area (Å²) in [7, 11) is 2.73. The van der Waals surface area contributed by atoms with Gasteiger partial charge in [0.1, 0.15) is 17.1 Å². The summed E-state index contributed by atoms with van der Waals surface area (Å²) >= 11 is 0. The van der Waals surface area contributed by atoms with Crippen LogP contribution in [0.1, 0.15) is 10.4 Å². The molecular weight excluding hydrogens is 348 g/mol. The molecule has 0 fully saturated rings. The molecule has 0 aliphatic rings. The maximum Gasteiger partial charge on any atom is 0.409 e. The minimum absolute atomic E-state index is 0.0412. The fourth-order valence-electron chi connectivity index (χ4n) is 2.04. The van der Waals surface area contributed by atoms with Crippen LogP contribution in [0.15, 0.2) is 12.1 Å². The second-order valence-corrected chi connectivity index (χ2v) is 4.89. The Morgan fingerprint density at radius 3 is 2.08 bits per heavy atom. The van der Waals surface area contributed by atoms with E-state index in [0.29, 0.717) is 13.2 Å². The Labute approximate surface area is 151 Å². The van der Waals surface area contributed by atoms with Crippen LogP contribution in [0.4, 0.5) is 10.5 Å². The van der Waals surface area contributed by atoms with Crippen molar-refractivity contribution in [3.05, 3.63) is 17.7 Å². The molecule has 1 aromatic rings. The van der Waals surface area contributed by atoms with Gasteiger partial charge in [0.25, 0.3) is 5.91 Å². The van der Waals surface area contributed by atoms with Crippen molar-refractivity contribution in [1.82, 2.24) is 5.32 Å². The molecule has 0 saturated heterocycles. The van der Waals surface area contributed by atoms with Crippen molar-refractivity contribution in [1.29, 1.82) is 0 Å². The average Bonchev–Trinajstić information content (AvgIpc) is 2.62. The molecule has 0 saturated carbocycles. The van der Waals surface area contributed by atoms with Crippen molar-refractivity contribution in [2.24, 2.45) is 0 Å². The Hall–Kier alpha value is -2.56. The Balaban J connectivity index is 2.62. The van der Waals surface area contributed by atoms with Gasteiger partial charge in [-0.25, -0.2) is 4.79 Å². The summed E-state index contributed by atoms with van der Waals surface area (Å²) in [5, 5.41) is 22.2. The van der Waals surface area contributed by atoms with Crippen LogP contribution in [0.2, 0.25) is 0 Å². The third-order valence-corrected chi connectivity index (χ3v) is 3.12. The Bertz CT molecular complexity index is 569. The summed E-state index contributed by atoms with van der Waals surface area (Å²) in [5.74, 6) is -0.103. The van der Waals surface area contributed by atoms with Crippen molar-refractivity contribution < 1.29 is 38.7 Å². The first-order valence-corrected chi connectivity index (χ1v) is 7.84. The van der Waals surface area contributed by atoms with Gasteiger partial charge in [-0.1, -0.05) is 0 Å². The van der Waals surface area contributed by atoms with E-state index in [0.717, 1.165) is 0 Å². The highest BCUT2D eigenvalue weighted by Gasteiger charge is 2.20. The quantitative estimate of drug-likeness (QED) is 0.391. The molecule has 146 valence electrons. The van der Waals surface area contributed by atoms with Crippen LogP contribution in [-0.2, 0) is 9.47 Å². The number of methoxy groups -OCH3 is 2. The average molecular weight is 372 g/mol. The SMILES string of the molecule is COc1cc(NC(=O)O)cc(OC)c1C(=O)NCCOCCOCCO. The Morgan fingerprint density at radius 1 is 1.00 bits per heavy atom. The number of ether oxygens (including phenoxy) is 4. The topological polar surface area (TPSA) is 136 Å². The number of anilines is 1. The fourth-order valence-corrected chi connectivity index (χ4v) is 2.04. The van der Waals surface area contributed by atoms with E-state index in [2.05, 4.69) is 10.6 Å². The van der Waals surface area contributed by atoms with Crippen LogP contribution in [0.3, 0.4) is 0 Å². The fraction of sp³-hybridized carbons (Fsp3) is 0.500. The number of carboxylic acid groups (broad SMARTS) is 1. The molecule has 1 aromatic carbocycles. The summed E-state index contributed by atoms with van der Waals surface area (Å²) in [5.41, 5.74) is 0.367. The van der Waals surface area contributed by atoms with E-state index in [1.165, 1.54) is 26.4 Å². The number of amides is 2. The van der Waals surface area contributed by atoms with E-state index >= 15 is 0 Å². The molecule has 0 aliphatic heterocycles. The number of rotatable bonds is 12. The standard InChI is InChI=1S/C16H24N2O8/c1-23-12-9-11(18-16(21)22)10-13(24-2)14(12)15(20)17-3-5-25-7-8-26-6-4-19/h9-10,18-19H,3-8H2,1-2H3,(H,17,20)(H,21,22). The largest absolute Gasteiger partial charge is 0.496 e. The molecule has 0 bridgehead atoms. The smallest absolute Gasteiger partial charge is 0.409 e. The normalized spacial score (nSPS) is 10.3. The molecular formula is C16H24N2O8. The van der Waals surface area contributed by atoms with Gasteiger partial charge in [-0.15, -0.1) is 0 Å². The van der Waals surface area contributed by atoms with E-state index in [-0.39, 0.29) is 49.1 Å². The minimum Gasteiger partial charge on any atom is -0.496 e. The third kappa shape index (κ3) is 7.13. The van der Waals surface area contributed by atoms with Crippen molar-refractivity contribution in [2.75, 3.05) is 59.1 Å². The summed E-state index contributed by atoms with van der Waals surface area (Å²) < 4.78 is 20.7. The van der Waals surface area contributed by atoms with Crippen molar-refractivity contribution in [3.8, 4) is 11.5 Å². The lowest BCUT2D eigenvalue weighted by molar-refractivity contribution is 0.0338. The van der Waals surface area contributed by atoms with Gasteiger partial charge in [0, 0.05) is 18.7 Å². The maximum atomic E-state index is 12.4. The number of hydrogen-bond acceptors (Lipinski definition) is 7. The number of aliphatic hydroxyl groups excluding tert-OH is 1. The number of hydrogen-bond donors (Lipinski definition) is 4. The second-order valence-electron chi connectivity index (χ2n) is 4.89. The number of carbonyl (C=O) groups is 2. The zero-order chi connectivity index (χ0) is 19.4. The molecule has 0 atom stereocenters. The molecule has 0 aromatic heterocycles. The Morgan fingerprint density at radius 2 is 1.58 bits per heavy atom. The maximum absolute atomic E-state index is 12.4. The first-order valence-electron chi connectivity index (χ1n) is 7.84. The monoisotopic (exact) mass is 372 g/mol. The van der Waals surface area contributed by atoms with Crippen LogP contribution in [0.5, 0.6) is 11.5 Å². The lowest BCUT2D eigenvalue weighted by Crippen LogP contribution is -2.28. The van der Waals surface area contributed by atoms with E-state index < -0.39 is 12.0 Å². The first kappa shape index (κ1) is 21.5. The van der Waals surface area contributed by atoms with Gasteiger partial charge in [-0.2, -0.15) is 0 Å². The summed E-state index contributed by atoms with van der Waals surface area (Å²) in [6, 6.07) is 2.78. The van der Waals surface area contributed by atoms with Gasteiger partial charge in [-0.05, 0) is 0 Å². The number of nitrogens with one attached hydrogen (secondary N) is 2. The van der Waals surface area contributed by atoms with Crippen LogP contribution in [-0.4, -0.2) is 76.0 Å². The van der Waals surface area contributed by atoms with Crippen LogP contribution >= 0.6 is 0 Å². The van der Waals surface area contributed by atoms with Gasteiger partial charge in [0.15, 0.2) is 0 Å². The molecule has 10 heteroatoms. The second kappa shape index (κ2) is 11.9. The molecule has 10 nitrogen and oxygen atoms in total. The number of carbonyl (C=O) groups excluding carboxylic acids is 1.